The van der Waals surface area contributed by atoms with Gasteiger partial charge in [0, 0.05) is 12.1 Å². The van der Waals surface area contributed by atoms with Crippen LogP contribution in [0.3, 0.4) is 0 Å². The summed E-state index contributed by atoms with van der Waals surface area (Å²) in [4.78, 5) is 11.8. The Bertz CT molecular complexity index is 689. The summed E-state index contributed by atoms with van der Waals surface area (Å²) in [7, 11) is 0. The standard InChI is InChI=1S/C17H18FNO4S/c1-2-11-19-17(20)14-5-3-13(4-6-14)12-22-15-7-9-16(10-8-15)23-24(18)21/h3-10H,2,11-12H2,1H3,(H,19,20). The van der Waals surface area contributed by atoms with Crippen molar-refractivity contribution in [1.29, 1.82) is 0 Å². The summed E-state index contributed by atoms with van der Waals surface area (Å²) in [6.45, 7) is 2.97. The molecule has 2 aromatic rings. The Morgan fingerprint density at radius 2 is 1.71 bits per heavy atom. The van der Waals surface area contributed by atoms with E-state index in [1.807, 2.05) is 19.1 Å². The molecule has 0 aliphatic carbocycles. The molecule has 2 aromatic carbocycles. The molecule has 1 unspecified atom stereocenters. The van der Waals surface area contributed by atoms with E-state index in [4.69, 9.17) is 4.74 Å². The van der Waals surface area contributed by atoms with E-state index in [0.717, 1.165) is 12.0 Å². The van der Waals surface area contributed by atoms with Crippen molar-refractivity contribution >= 4 is 17.4 Å². The summed E-state index contributed by atoms with van der Waals surface area (Å²) >= 11 is -2.84. The van der Waals surface area contributed by atoms with E-state index in [1.165, 1.54) is 12.1 Å². The van der Waals surface area contributed by atoms with E-state index in [9.17, 15) is 12.9 Å². The van der Waals surface area contributed by atoms with Crippen LogP contribution in [-0.4, -0.2) is 16.7 Å². The van der Waals surface area contributed by atoms with Crippen LogP contribution in [0, 0.1) is 0 Å². The number of benzene rings is 2. The number of nitrogens with one attached hydrogen (secondary N) is 1. The van der Waals surface area contributed by atoms with Gasteiger partial charge in [0.05, 0.1) is 0 Å². The third-order valence-corrected chi connectivity index (χ3v) is 3.47. The second kappa shape index (κ2) is 9.02. The number of hydrogen-bond donors (Lipinski definition) is 1. The molecule has 0 bridgehead atoms. The maximum Gasteiger partial charge on any atom is 0.401 e. The molecule has 1 atom stereocenters. The van der Waals surface area contributed by atoms with Gasteiger partial charge in [-0.05, 0) is 48.4 Å². The molecule has 0 aliphatic heterocycles. The topological polar surface area (TPSA) is 64.6 Å². The maximum absolute atomic E-state index is 12.2. The number of hydrogen-bond acceptors (Lipinski definition) is 4. The molecule has 0 aromatic heterocycles. The van der Waals surface area contributed by atoms with Crippen LogP contribution in [0.5, 0.6) is 11.5 Å². The van der Waals surface area contributed by atoms with Gasteiger partial charge in [-0.3, -0.25) is 4.79 Å². The number of carbonyl (C=O) groups excluding carboxylic acids is 1. The molecule has 5 nitrogen and oxygen atoms in total. The van der Waals surface area contributed by atoms with E-state index < -0.39 is 11.5 Å². The van der Waals surface area contributed by atoms with E-state index in [1.54, 1.807) is 24.3 Å². The Balaban J connectivity index is 1.87. The van der Waals surface area contributed by atoms with Crippen molar-refractivity contribution in [3.05, 3.63) is 59.7 Å². The van der Waals surface area contributed by atoms with Crippen LogP contribution in [0.2, 0.25) is 0 Å². The van der Waals surface area contributed by atoms with Crippen LogP contribution in [-0.2, 0) is 18.1 Å². The summed E-state index contributed by atoms with van der Waals surface area (Å²) < 4.78 is 32.5. The number of amides is 1. The fourth-order valence-electron chi connectivity index (χ4n) is 1.93. The lowest BCUT2D eigenvalue weighted by Crippen LogP contribution is -2.23. The number of rotatable bonds is 8. The van der Waals surface area contributed by atoms with Crippen LogP contribution in [0.1, 0.15) is 29.3 Å². The molecule has 2 rings (SSSR count). The van der Waals surface area contributed by atoms with Gasteiger partial charge in [-0.1, -0.05) is 22.9 Å². The molecule has 7 heteroatoms. The molecule has 0 saturated carbocycles. The minimum absolute atomic E-state index is 0.0924. The Morgan fingerprint density at radius 3 is 2.29 bits per heavy atom. The highest BCUT2D eigenvalue weighted by molar-refractivity contribution is 7.75. The van der Waals surface area contributed by atoms with E-state index >= 15 is 0 Å². The van der Waals surface area contributed by atoms with Gasteiger partial charge >= 0.3 is 11.5 Å². The zero-order valence-electron chi connectivity index (χ0n) is 13.2. The predicted molar refractivity (Wildman–Crippen MR) is 89.7 cm³/mol. The van der Waals surface area contributed by atoms with Crippen molar-refractivity contribution < 1.29 is 21.8 Å². The van der Waals surface area contributed by atoms with Crippen molar-refractivity contribution in [2.45, 2.75) is 20.0 Å². The third-order valence-electron chi connectivity index (χ3n) is 3.14. The molecule has 0 spiro atoms. The molecule has 0 heterocycles. The SMILES string of the molecule is CCCNC(=O)c1ccc(COc2ccc(OS(=O)F)cc2)cc1. The molecule has 0 fully saturated rings. The highest BCUT2D eigenvalue weighted by atomic mass is 32.2. The smallest absolute Gasteiger partial charge is 0.401 e. The lowest BCUT2D eigenvalue weighted by molar-refractivity contribution is 0.0953. The van der Waals surface area contributed by atoms with Crippen molar-refractivity contribution in [2.24, 2.45) is 0 Å². The molecule has 0 aliphatic rings. The second-order valence-electron chi connectivity index (χ2n) is 4.99. The highest BCUT2D eigenvalue weighted by Gasteiger charge is 2.05. The van der Waals surface area contributed by atoms with Gasteiger partial charge in [-0.25, -0.2) is 0 Å². The zero-order valence-corrected chi connectivity index (χ0v) is 14.0. The highest BCUT2D eigenvalue weighted by Crippen LogP contribution is 2.19. The molecule has 1 N–H and O–H groups in total. The average Bonchev–Trinajstić information content (AvgIpc) is 2.59. The quantitative estimate of drug-likeness (QED) is 0.741. The molecular weight excluding hydrogens is 333 g/mol. The van der Waals surface area contributed by atoms with Crippen LogP contribution in [0.4, 0.5) is 3.89 Å². The van der Waals surface area contributed by atoms with Crippen molar-refractivity contribution in [2.75, 3.05) is 6.54 Å². The first kappa shape index (κ1) is 17.9. The molecule has 0 saturated heterocycles. The van der Waals surface area contributed by atoms with Gasteiger partial charge in [0.25, 0.3) is 5.91 Å². The molecule has 128 valence electrons. The first-order chi connectivity index (χ1) is 11.6. The largest absolute Gasteiger partial charge is 0.489 e. The van der Waals surface area contributed by atoms with E-state index in [0.29, 0.717) is 24.5 Å². The molecular formula is C17H18FNO4S. The van der Waals surface area contributed by atoms with E-state index in [2.05, 4.69) is 9.50 Å². The minimum atomic E-state index is -2.84. The Kier molecular flexibility index (Phi) is 6.74. The predicted octanol–water partition coefficient (Wildman–Crippen LogP) is 3.33. The van der Waals surface area contributed by atoms with E-state index in [-0.39, 0.29) is 11.7 Å². The normalized spacial score (nSPS) is 11.6. The monoisotopic (exact) mass is 351 g/mol. The number of carbonyl (C=O) groups is 1. The summed E-state index contributed by atoms with van der Waals surface area (Å²) in [5.41, 5.74) is 1.51. The minimum Gasteiger partial charge on any atom is -0.489 e. The van der Waals surface area contributed by atoms with Gasteiger partial charge in [-0.15, -0.1) is 0 Å². The summed E-state index contributed by atoms with van der Waals surface area (Å²) in [6.07, 6.45) is 0.892. The average molecular weight is 351 g/mol. The van der Waals surface area contributed by atoms with Gasteiger partial charge in [-0.2, -0.15) is 4.21 Å². The van der Waals surface area contributed by atoms with Gasteiger partial charge in [0.2, 0.25) is 0 Å². The van der Waals surface area contributed by atoms with Crippen molar-refractivity contribution in [3.63, 3.8) is 0 Å². The van der Waals surface area contributed by atoms with Crippen molar-refractivity contribution in [1.82, 2.24) is 5.32 Å². The third kappa shape index (κ3) is 5.66. The summed E-state index contributed by atoms with van der Waals surface area (Å²) in [5.74, 6) is 0.632. The van der Waals surface area contributed by atoms with Gasteiger partial charge in [0.1, 0.15) is 18.1 Å². The zero-order chi connectivity index (χ0) is 17.4. The lowest BCUT2D eigenvalue weighted by Gasteiger charge is -2.08. The van der Waals surface area contributed by atoms with Gasteiger partial charge in [0.15, 0.2) is 0 Å². The molecule has 0 radical (unpaired) electrons. The Labute approximate surface area is 142 Å². The van der Waals surface area contributed by atoms with Crippen molar-refractivity contribution in [3.8, 4) is 11.5 Å². The summed E-state index contributed by atoms with van der Waals surface area (Å²) in [6, 6.07) is 13.3. The first-order valence-corrected chi connectivity index (χ1v) is 8.42. The van der Waals surface area contributed by atoms with Gasteiger partial charge < -0.3 is 14.2 Å². The fraction of sp³-hybridized carbons (Fsp3) is 0.235. The van der Waals surface area contributed by atoms with Crippen LogP contribution >= 0.6 is 0 Å². The van der Waals surface area contributed by atoms with Crippen LogP contribution in [0.15, 0.2) is 48.5 Å². The fourth-order valence-corrected chi connectivity index (χ4v) is 2.19. The summed E-state index contributed by atoms with van der Waals surface area (Å²) in [5, 5.41) is 2.81. The molecule has 1 amide bonds. The Morgan fingerprint density at radius 1 is 1.08 bits per heavy atom. The Hall–Kier alpha value is -2.41. The lowest BCUT2D eigenvalue weighted by atomic mass is 10.1. The molecule has 24 heavy (non-hydrogen) atoms. The second-order valence-corrected chi connectivity index (χ2v) is 5.54. The van der Waals surface area contributed by atoms with Crippen LogP contribution in [0.25, 0.3) is 0 Å². The number of ether oxygens (including phenoxy) is 1. The number of halogens is 1. The first-order valence-electron chi connectivity index (χ1n) is 7.45. The van der Waals surface area contributed by atoms with Crippen LogP contribution < -0.4 is 14.2 Å². The maximum atomic E-state index is 12.2.